The summed E-state index contributed by atoms with van der Waals surface area (Å²) in [5.74, 6) is 0.361. The summed E-state index contributed by atoms with van der Waals surface area (Å²) in [6.45, 7) is 0.000562. The molecular formula is C24H18F2N4O. The van der Waals surface area contributed by atoms with E-state index in [9.17, 15) is 8.78 Å². The smallest absolute Gasteiger partial charge is 0.230 e. The maximum absolute atomic E-state index is 13.5. The number of aromatic nitrogens is 4. The van der Waals surface area contributed by atoms with Crippen LogP contribution in [0.15, 0.2) is 77.6 Å². The van der Waals surface area contributed by atoms with Crippen molar-refractivity contribution in [2.75, 3.05) is 6.67 Å². The van der Waals surface area contributed by atoms with Crippen molar-refractivity contribution >= 4 is 11.1 Å². The molecule has 5 nitrogen and oxygen atoms in total. The van der Waals surface area contributed by atoms with Gasteiger partial charge in [-0.2, -0.15) is 5.10 Å². The molecule has 0 saturated heterocycles. The van der Waals surface area contributed by atoms with Gasteiger partial charge in [-0.05, 0) is 36.8 Å². The molecule has 0 spiro atoms. The van der Waals surface area contributed by atoms with Gasteiger partial charge in [0.1, 0.15) is 23.6 Å². The molecule has 0 radical (unpaired) electrons. The molecule has 3 aromatic heterocycles. The van der Waals surface area contributed by atoms with E-state index in [2.05, 4.69) is 15.1 Å². The number of aryl methyl sites for hydroxylation is 1. The van der Waals surface area contributed by atoms with Crippen LogP contribution in [0.1, 0.15) is 6.42 Å². The van der Waals surface area contributed by atoms with E-state index < -0.39 is 6.67 Å². The lowest BCUT2D eigenvalue weighted by atomic mass is 10.0. The fraction of sp³-hybridized carbons (Fsp3) is 0.125. The van der Waals surface area contributed by atoms with Gasteiger partial charge in [0, 0.05) is 29.4 Å². The topological polar surface area (TPSA) is 56.7 Å². The third-order valence-corrected chi connectivity index (χ3v) is 5.04. The van der Waals surface area contributed by atoms with Gasteiger partial charge in [-0.25, -0.2) is 14.4 Å². The zero-order valence-corrected chi connectivity index (χ0v) is 16.5. The molecule has 0 fully saturated rings. The van der Waals surface area contributed by atoms with E-state index in [-0.39, 0.29) is 5.82 Å². The van der Waals surface area contributed by atoms with Crippen LogP contribution < -0.4 is 0 Å². The van der Waals surface area contributed by atoms with Crippen LogP contribution in [-0.4, -0.2) is 26.4 Å². The molecule has 7 heteroatoms. The van der Waals surface area contributed by atoms with E-state index in [4.69, 9.17) is 4.42 Å². The molecule has 0 aliphatic carbocycles. The molecule has 3 heterocycles. The Labute approximate surface area is 177 Å². The molecule has 31 heavy (non-hydrogen) atoms. The average Bonchev–Trinajstić information content (AvgIpc) is 3.43. The molecule has 5 aromatic rings. The lowest BCUT2D eigenvalue weighted by Crippen LogP contribution is -1.99. The Kier molecular flexibility index (Phi) is 5.00. The van der Waals surface area contributed by atoms with Crippen LogP contribution in [0.2, 0.25) is 0 Å². The number of nitrogens with zero attached hydrogens (tertiary/aromatic N) is 4. The number of halogens is 2. The first-order valence-corrected chi connectivity index (χ1v) is 9.92. The minimum atomic E-state index is -0.430. The highest BCUT2D eigenvalue weighted by Crippen LogP contribution is 2.36. The van der Waals surface area contributed by atoms with Crippen molar-refractivity contribution in [3.63, 3.8) is 0 Å². The van der Waals surface area contributed by atoms with Crippen LogP contribution in [0.4, 0.5) is 8.78 Å². The number of rotatable bonds is 6. The summed E-state index contributed by atoms with van der Waals surface area (Å²) >= 11 is 0. The lowest BCUT2D eigenvalue weighted by Gasteiger charge is -2.03. The molecule has 2 aromatic carbocycles. The average molecular weight is 416 g/mol. The van der Waals surface area contributed by atoms with Crippen molar-refractivity contribution in [2.24, 2.45) is 0 Å². The second-order valence-electron chi connectivity index (χ2n) is 7.12. The minimum Gasteiger partial charge on any atom is -0.438 e. The molecule has 5 rings (SSSR count). The largest absolute Gasteiger partial charge is 0.438 e. The minimum absolute atomic E-state index is 0.325. The number of hydrogen-bond acceptors (Lipinski definition) is 4. The van der Waals surface area contributed by atoms with Crippen LogP contribution in [0.5, 0.6) is 0 Å². The first-order chi connectivity index (χ1) is 15.2. The van der Waals surface area contributed by atoms with Crippen molar-refractivity contribution in [1.82, 2.24) is 19.7 Å². The molecule has 0 amide bonds. The van der Waals surface area contributed by atoms with Gasteiger partial charge in [-0.3, -0.25) is 9.07 Å². The maximum atomic E-state index is 13.5. The SMILES string of the molecule is FCCCn1cc(-c2ncnc3oc(-c4ccccc4)cc23)c(-c2ccc(F)cc2)n1. The monoisotopic (exact) mass is 416 g/mol. The van der Waals surface area contributed by atoms with Crippen molar-refractivity contribution in [2.45, 2.75) is 13.0 Å². The third-order valence-electron chi connectivity index (χ3n) is 5.04. The summed E-state index contributed by atoms with van der Waals surface area (Å²) in [4.78, 5) is 8.79. The van der Waals surface area contributed by atoms with Gasteiger partial charge in [-0.15, -0.1) is 0 Å². The highest BCUT2D eigenvalue weighted by atomic mass is 19.1. The van der Waals surface area contributed by atoms with Crippen molar-refractivity contribution < 1.29 is 13.2 Å². The van der Waals surface area contributed by atoms with Crippen molar-refractivity contribution in [1.29, 1.82) is 0 Å². The summed E-state index contributed by atoms with van der Waals surface area (Å²) in [6, 6.07) is 17.8. The summed E-state index contributed by atoms with van der Waals surface area (Å²) in [5.41, 5.74) is 4.18. The maximum Gasteiger partial charge on any atom is 0.230 e. The second-order valence-corrected chi connectivity index (χ2v) is 7.12. The van der Waals surface area contributed by atoms with Crippen LogP contribution in [0.25, 0.3) is 44.9 Å². The molecule has 0 aliphatic heterocycles. The molecule has 154 valence electrons. The van der Waals surface area contributed by atoms with E-state index in [0.717, 1.165) is 22.1 Å². The first kappa shape index (κ1) is 19.1. The summed E-state index contributed by atoms with van der Waals surface area (Å²) in [5, 5.41) is 5.38. The summed E-state index contributed by atoms with van der Waals surface area (Å²) < 4.78 is 33.9. The Morgan fingerprint density at radius 2 is 1.71 bits per heavy atom. The normalized spacial score (nSPS) is 11.3. The lowest BCUT2D eigenvalue weighted by molar-refractivity contribution is 0.435. The predicted octanol–water partition coefficient (Wildman–Crippen LogP) is 5.92. The Morgan fingerprint density at radius 1 is 0.903 bits per heavy atom. The molecule has 0 saturated carbocycles. The van der Waals surface area contributed by atoms with Gasteiger partial charge in [0.2, 0.25) is 5.71 Å². The first-order valence-electron chi connectivity index (χ1n) is 9.92. The number of fused-ring (bicyclic) bond motifs is 1. The number of benzene rings is 2. The van der Waals surface area contributed by atoms with Crippen LogP contribution in [-0.2, 0) is 6.54 Å². The van der Waals surface area contributed by atoms with Gasteiger partial charge in [-0.1, -0.05) is 30.3 Å². The summed E-state index contributed by atoms with van der Waals surface area (Å²) in [6.07, 6.45) is 3.64. The Balaban J connectivity index is 1.67. The van der Waals surface area contributed by atoms with Crippen LogP contribution >= 0.6 is 0 Å². The van der Waals surface area contributed by atoms with E-state index in [1.54, 1.807) is 16.8 Å². The second kappa shape index (κ2) is 8.10. The zero-order chi connectivity index (χ0) is 21.2. The van der Waals surface area contributed by atoms with Gasteiger partial charge >= 0.3 is 0 Å². The highest BCUT2D eigenvalue weighted by molar-refractivity contribution is 5.95. The number of alkyl halides is 1. The van der Waals surface area contributed by atoms with Crippen LogP contribution in [0.3, 0.4) is 0 Å². The molecule has 0 N–H and O–H groups in total. The third kappa shape index (κ3) is 3.70. The number of furan rings is 1. The van der Waals surface area contributed by atoms with E-state index >= 15 is 0 Å². The van der Waals surface area contributed by atoms with Crippen molar-refractivity contribution in [3.05, 3.63) is 79.0 Å². The molecule has 0 aliphatic rings. The van der Waals surface area contributed by atoms with Gasteiger partial charge in [0.25, 0.3) is 0 Å². The van der Waals surface area contributed by atoms with Gasteiger partial charge in [0.05, 0.1) is 17.8 Å². The van der Waals surface area contributed by atoms with Crippen molar-refractivity contribution in [3.8, 4) is 33.8 Å². The Morgan fingerprint density at radius 3 is 2.48 bits per heavy atom. The molecule has 0 atom stereocenters. The molecule has 0 unspecified atom stereocenters. The quantitative estimate of drug-likeness (QED) is 0.345. The Hall–Kier alpha value is -3.87. The van der Waals surface area contributed by atoms with E-state index in [1.165, 1.54) is 18.5 Å². The van der Waals surface area contributed by atoms with E-state index in [0.29, 0.717) is 35.8 Å². The number of hydrogen-bond donors (Lipinski definition) is 0. The van der Waals surface area contributed by atoms with Crippen LogP contribution in [0, 0.1) is 5.82 Å². The molecule has 0 bridgehead atoms. The fourth-order valence-corrected chi connectivity index (χ4v) is 3.57. The standard InChI is InChI=1S/C24H18F2N4O/c25-11-4-12-30-14-20(22(29-30)17-7-9-18(26)10-8-17)23-19-13-21(16-5-2-1-3-6-16)31-24(19)28-15-27-23/h1-3,5-10,13-15H,4,11-12H2. The zero-order valence-electron chi connectivity index (χ0n) is 16.5. The molecular weight excluding hydrogens is 398 g/mol. The van der Waals surface area contributed by atoms with Gasteiger partial charge < -0.3 is 4.42 Å². The Bertz CT molecular complexity index is 1330. The highest BCUT2D eigenvalue weighted by Gasteiger charge is 2.19. The van der Waals surface area contributed by atoms with Gasteiger partial charge in [0.15, 0.2) is 0 Å². The predicted molar refractivity (Wildman–Crippen MR) is 114 cm³/mol. The summed E-state index contributed by atoms with van der Waals surface area (Å²) in [7, 11) is 0. The fourth-order valence-electron chi connectivity index (χ4n) is 3.57. The van der Waals surface area contributed by atoms with E-state index in [1.807, 2.05) is 42.6 Å².